The summed E-state index contributed by atoms with van der Waals surface area (Å²) in [6, 6.07) is 21.7. The van der Waals surface area contributed by atoms with Crippen molar-refractivity contribution in [3.63, 3.8) is 0 Å². The summed E-state index contributed by atoms with van der Waals surface area (Å²) < 4.78 is 0. The first kappa shape index (κ1) is 15.6. The molecule has 0 saturated heterocycles. The lowest BCUT2D eigenvalue weighted by Gasteiger charge is -2.18. The van der Waals surface area contributed by atoms with E-state index in [-0.39, 0.29) is 0 Å². The summed E-state index contributed by atoms with van der Waals surface area (Å²) in [7, 11) is 0. The van der Waals surface area contributed by atoms with Crippen LogP contribution in [0.15, 0.2) is 60.7 Å². The van der Waals surface area contributed by atoms with Gasteiger partial charge in [0.05, 0.1) is 5.25 Å². The number of nitrogens with one attached hydrogen (secondary N) is 1. The lowest BCUT2D eigenvalue weighted by molar-refractivity contribution is 0.634. The van der Waals surface area contributed by atoms with Crippen LogP contribution in [0.1, 0.15) is 29.7 Å². The molecule has 1 aliphatic carbocycles. The van der Waals surface area contributed by atoms with Crippen LogP contribution in [0, 0.1) is 11.8 Å². The minimum absolute atomic E-state index is 0.434. The van der Waals surface area contributed by atoms with E-state index in [0.717, 1.165) is 24.1 Å². The van der Waals surface area contributed by atoms with Crippen LogP contribution in [0.3, 0.4) is 0 Å². The van der Waals surface area contributed by atoms with Crippen LogP contribution >= 0.6 is 11.8 Å². The number of hydrogen-bond acceptors (Lipinski definition) is 2. The highest BCUT2D eigenvalue weighted by Gasteiger charge is 2.31. The minimum atomic E-state index is 0.434. The summed E-state index contributed by atoms with van der Waals surface area (Å²) in [5.74, 6) is 3.03. The zero-order chi connectivity index (χ0) is 15.2. The van der Waals surface area contributed by atoms with Crippen LogP contribution < -0.4 is 5.32 Å². The van der Waals surface area contributed by atoms with Gasteiger partial charge in [0.2, 0.25) is 0 Å². The van der Waals surface area contributed by atoms with E-state index in [2.05, 4.69) is 72.9 Å². The molecule has 2 unspecified atom stereocenters. The summed E-state index contributed by atoms with van der Waals surface area (Å²) >= 11 is 2.04. The average molecular weight is 311 g/mol. The van der Waals surface area contributed by atoms with Gasteiger partial charge in [0.1, 0.15) is 0 Å². The summed E-state index contributed by atoms with van der Waals surface area (Å²) in [6.45, 7) is 4.65. The number of rotatable bonds is 8. The van der Waals surface area contributed by atoms with E-state index in [0.29, 0.717) is 5.25 Å². The molecule has 2 aromatic rings. The highest BCUT2D eigenvalue weighted by molar-refractivity contribution is 7.99. The van der Waals surface area contributed by atoms with Crippen LogP contribution in [-0.2, 0) is 0 Å². The molecule has 1 nitrogen and oxygen atoms in total. The smallest absolute Gasteiger partial charge is 0.0547 e. The monoisotopic (exact) mass is 311 g/mol. The molecule has 0 aromatic heterocycles. The van der Waals surface area contributed by atoms with Crippen molar-refractivity contribution in [1.82, 2.24) is 5.32 Å². The standard InChI is InChI=1S/C20H25NS/c1-16-14-19(16)15-21-12-13-22-20(17-8-4-2-5-9-17)18-10-6-3-7-11-18/h2-11,16,19-21H,12-15H2,1H3. The third kappa shape index (κ3) is 4.37. The third-order valence-electron chi connectivity index (χ3n) is 4.45. The van der Waals surface area contributed by atoms with E-state index in [4.69, 9.17) is 0 Å². The van der Waals surface area contributed by atoms with Crippen molar-refractivity contribution in [3.05, 3.63) is 71.8 Å². The normalized spacial score (nSPS) is 20.3. The molecule has 1 saturated carbocycles. The van der Waals surface area contributed by atoms with Crippen LogP contribution in [0.5, 0.6) is 0 Å². The molecule has 1 N–H and O–H groups in total. The lowest BCUT2D eigenvalue weighted by Crippen LogP contribution is -2.20. The zero-order valence-electron chi connectivity index (χ0n) is 13.2. The van der Waals surface area contributed by atoms with Gasteiger partial charge in [-0.15, -0.1) is 11.8 Å². The van der Waals surface area contributed by atoms with Crippen molar-refractivity contribution in [2.24, 2.45) is 11.8 Å². The molecule has 0 aliphatic heterocycles. The topological polar surface area (TPSA) is 12.0 Å². The highest BCUT2D eigenvalue weighted by Crippen LogP contribution is 2.37. The van der Waals surface area contributed by atoms with Gasteiger partial charge in [0.25, 0.3) is 0 Å². The van der Waals surface area contributed by atoms with Gasteiger partial charge in [-0.1, -0.05) is 67.6 Å². The zero-order valence-corrected chi connectivity index (χ0v) is 14.1. The van der Waals surface area contributed by atoms with E-state index in [9.17, 15) is 0 Å². The molecule has 0 spiro atoms. The van der Waals surface area contributed by atoms with Gasteiger partial charge in [-0.25, -0.2) is 0 Å². The van der Waals surface area contributed by atoms with Crippen molar-refractivity contribution < 1.29 is 0 Å². The second-order valence-corrected chi connectivity index (χ2v) is 7.46. The van der Waals surface area contributed by atoms with Gasteiger partial charge in [-0.05, 0) is 35.9 Å². The Hall–Kier alpha value is -1.25. The lowest BCUT2D eigenvalue weighted by atomic mass is 10.0. The molecule has 3 rings (SSSR count). The van der Waals surface area contributed by atoms with Gasteiger partial charge < -0.3 is 5.32 Å². The van der Waals surface area contributed by atoms with Crippen LogP contribution in [0.25, 0.3) is 0 Å². The maximum absolute atomic E-state index is 3.62. The predicted octanol–water partition coefficient (Wildman–Crippen LogP) is 4.75. The molecule has 2 atom stereocenters. The summed E-state index contributed by atoms with van der Waals surface area (Å²) in [6.07, 6.45) is 1.41. The SMILES string of the molecule is CC1CC1CNCCSC(c1ccccc1)c1ccccc1. The number of thioether (sulfide) groups is 1. The molecule has 22 heavy (non-hydrogen) atoms. The fraction of sp³-hybridized carbons (Fsp3) is 0.400. The first-order chi connectivity index (χ1) is 10.8. The first-order valence-corrected chi connectivity index (χ1v) is 9.31. The quantitative estimate of drug-likeness (QED) is 0.706. The second kappa shape index (κ2) is 7.85. The fourth-order valence-electron chi connectivity index (χ4n) is 2.86. The third-order valence-corrected chi connectivity index (χ3v) is 5.77. The van der Waals surface area contributed by atoms with Crippen molar-refractivity contribution in [1.29, 1.82) is 0 Å². The van der Waals surface area contributed by atoms with E-state index in [1.165, 1.54) is 24.1 Å². The largest absolute Gasteiger partial charge is 0.316 e. The minimum Gasteiger partial charge on any atom is -0.316 e. The molecule has 1 aliphatic rings. The molecule has 2 heteroatoms. The molecular weight excluding hydrogens is 286 g/mol. The van der Waals surface area contributed by atoms with Gasteiger partial charge in [-0.3, -0.25) is 0 Å². The molecule has 0 amide bonds. The Kier molecular flexibility index (Phi) is 5.58. The maximum Gasteiger partial charge on any atom is 0.0547 e. The summed E-state index contributed by atoms with van der Waals surface area (Å²) in [5, 5.41) is 4.05. The van der Waals surface area contributed by atoms with E-state index in [1.807, 2.05) is 11.8 Å². The van der Waals surface area contributed by atoms with Crippen molar-refractivity contribution in [2.75, 3.05) is 18.8 Å². The Morgan fingerprint density at radius 3 is 2.05 bits per heavy atom. The van der Waals surface area contributed by atoms with Gasteiger partial charge in [-0.2, -0.15) is 0 Å². The number of hydrogen-bond donors (Lipinski definition) is 1. The average Bonchev–Trinajstić information content (AvgIpc) is 3.28. The van der Waals surface area contributed by atoms with Gasteiger partial charge in [0.15, 0.2) is 0 Å². The van der Waals surface area contributed by atoms with Crippen LogP contribution in [0.4, 0.5) is 0 Å². The molecule has 2 aromatic carbocycles. The van der Waals surface area contributed by atoms with Gasteiger partial charge >= 0.3 is 0 Å². The Morgan fingerprint density at radius 2 is 1.55 bits per heavy atom. The summed E-state index contributed by atoms with van der Waals surface area (Å²) in [4.78, 5) is 0. The molecule has 116 valence electrons. The Labute approximate surface area is 138 Å². The van der Waals surface area contributed by atoms with E-state index in [1.54, 1.807) is 0 Å². The first-order valence-electron chi connectivity index (χ1n) is 8.27. The second-order valence-electron chi connectivity index (χ2n) is 6.25. The van der Waals surface area contributed by atoms with E-state index < -0.39 is 0 Å². The molecule has 0 heterocycles. The van der Waals surface area contributed by atoms with Crippen LogP contribution in [0.2, 0.25) is 0 Å². The van der Waals surface area contributed by atoms with Crippen LogP contribution in [-0.4, -0.2) is 18.8 Å². The molecule has 1 fully saturated rings. The maximum atomic E-state index is 3.62. The van der Waals surface area contributed by atoms with Crippen molar-refractivity contribution in [2.45, 2.75) is 18.6 Å². The van der Waals surface area contributed by atoms with Crippen molar-refractivity contribution in [3.8, 4) is 0 Å². The van der Waals surface area contributed by atoms with Gasteiger partial charge in [0, 0.05) is 12.3 Å². The Morgan fingerprint density at radius 1 is 1.00 bits per heavy atom. The number of benzene rings is 2. The Balaban J connectivity index is 1.55. The fourth-order valence-corrected chi connectivity index (χ4v) is 4.06. The van der Waals surface area contributed by atoms with E-state index >= 15 is 0 Å². The Bertz CT molecular complexity index is 515. The summed E-state index contributed by atoms with van der Waals surface area (Å²) in [5.41, 5.74) is 2.80. The predicted molar refractivity (Wildman–Crippen MR) is 97.3 cm³/mol. The molecular formula is C20H25NS. The molecule has 0 radical (unpaired) electrons. The molecule has 0 bridgehead atoms. The van der Waals surface area contributed by atoms with Crippen molar-refractivity contribution >= 4 is 11.8 Å². The highest BCUT2D eigenvalue weighted by atomic mass is 32.2.